The van der Waals surface area contributed by atoms with Crippen LogP contribution in [0.15, 0.2) is 18.2 Å². The fraction of sp³-hybridized carbons (Fsp3) is 0.533. The number of hydrogen-bond acceptors (Lipinski definition) is 4. The first-order valence-electron chi connectivity index (χ1n) is 7.00. The topological polar surface area (TPSA) is 67.6 Å². The Hall–Kier alpha value is -1.30. The van der Waals surface area contributed by atoms with Crippen LogP contribution in [0.1, 0.15) is 20.8 Å². The normalized spacial score (nSPS) is 22.0. The molecule has 0 bridgehead atoms. The lowest BCUT2D eigenvalue weighted by Gasteiger charge is -2.41. The number of rotatable bonds is 3. The van der Waals surface area contributed by atoms with Crippen molar-refractivity contribution in [2.24, 2.45) is 0 Å². The van der Waals surface area contributed by atoms with E-state index in [9.17, 15) is 4.79 Å². The molecule has 1 fully saturated rings. The molecule has 1 saturated heterocycles. The molecule has 1 aliphatic rings. The van der Waals surface area contributed by atoms with Crippen LogP contribution in [0, 0.1) is 0 Å². The largest absolute Gasteiger partial charge is 0.397 e. The molecule has 0 aromatic heterocycles. The van der Waals surface area contributed by atoms with E-state index in [0.29, 0.717) is 22.9 Å². The Labute approximate surface area is 130 Å². The second-order valence-electron chi connectivity index (χ2n) is 6.14. The van der Waals surface area contributed by atoms with Crippen molar-refractivity contribution in [1.82, 2.24) is 4.90 Å². The molecule has 1 aliphatic heterocycles. The van der Waals surface area contributed by atoms with Crippen molar-refractivity contribution in [2.75, 3.05) is 30.7 Å². The number of nitrogens with two attached hydrogens (primary N) is 1. The summed E-state index contributed by atoms with van der Waals surface area (Å²) in [5.41, 5.74) is 6.60. The second-order valence-corrected chi connectivity index (χ2v) is 6.55. The van der Waals surface area contributed by atoms with Crippen LogP contribution in [0.4, 0.5) is 11.4 Å². The van der Waals surface area contributed by atoms with Gasteiger partial charge in [-0.2, -0.15) is 0 Å². The van der Waals surface area contributed by atoms with Crippen LogP contribution in [-0.4, -0.2) is 42.1 Å². The molecule has 1 atom stereocenters. The summed E-state index contributed by atoms with van der Waals surface area (Å²) in [5.74, 6) is -0.0679. The lowest BCUT2D eigenvalue weighted by molar-refractivity contribution is -0.136. The highest BCUT2D eigenvalue weighted by molar-refractivity contribution is 6.33. The summed E-state index contributed by atoms with van der Waals surface area (Å²) in [6, 6.07) is 5.07. The maximum Gasteiger partial charge on any atom is 0.238 e. The van der Waals surface area contributed by atoms with Crippen LogP contribution in [0.25, 0.3) is 0 Å². The molecule has 1 heterocycles. The maximum absolute atomic E-state index is 12.1. The number of morpholine rings is 1. The van der Waals surface area contributed by atoms with Gasteiger partial charge in [-0.3, -0.25) is 9.69 Å². The molecular formula is C15H22ClN3O2. The van der Waals surface area contributed by atoms with Crippen LogP contribution < -0.4 is 11.1 Å². The average Bonchev–Trinajstić information content (AvgIpc) is 2.31. The van der Waals surface area contributed by atoms with Gasteiger partial charge in [0.05, 0.1) is 29.0 Å². The number of amides is 1. The van der Waals surface area contributed by atoms with E-state index in [4.69, 9.17) is 22.1 Å². The SMILES string of the molecule is CC1CN(CC(=O)Nc2ccc(Cl)c(N)c2)CC(C)(C)O1. The predicted octanol–water partition coefficient (Wildman–Crippen LogP) is 2.36. The minimum absolute atomic E-state index is 0.0679. The van der Waals surface area contributed by atoms with Crippen molar-refractivity contribution in [3.8, 4) is 0 Å². The zero-order valence-electron chi connectivity index (χ0n) is 12.6. The highest BCUT2D eigenvalue weighted by atomic mass is 35.5. The minimum Gasteiger partial charge on any atom is -0.397 e. The van der Waals surface area contributed by atoms with Crippen molar-refractivity contribution in [3.63, 3.8) is 0 Å². The zero-order valence-corrected chi connectivity index (χ0v) is 13.4. The Balaban J connectivity index is 1.93. The second kappa shape index (κ2) is 6.22. The standard InChI is InChI=1S/C15H22ClN3O2/c1-10-7-19(9-15(2,3)21-10)8-14(20)18-11-4-5-12(16)13(17)6-11/h4-6,10H,7-9,17H2,1-3H3,(H,18,20). The summed E-state index contributed by atoms with van der Waals surface area (Å²) in [6.45, 7) is 7.90. The van der Waals surface area contributed by atoms with E-state index in [0.717, 1.165) is 13.1 Å². The smallest absolute Gasteiger partial charge is 0.238 e. The molecular weight excluding hydrogens is 290 g/mol. The third-order valence-corrected chi connectivity index (χ3v) is 3.63. The first-order chi connectivity index (χ1) is 9.75. The van der Waals surface area contributed by atoms with Crippen LogP contribution >= 0.6 is 11.6 Å². The van der Waals surface area contributed by atoms with Crippen LogP contribution in [0.5, 0.6) is 0 Å². The number of carbonyl (C=O) groups excluding carboxylic acids is 1. The molecule has 2 rings (SSSR count). The summed E-state index contributed by atoms with van der Waals surface area (Å²) in [7, 11) is 0. The molecule has 1 amide bonds. The van der Waals surface area contributed by atoms with Gasteiger partial charge in [0.25, 0.3) is 0 Å². The Bertz CT molecular complexity index is 534. The lowest BCUT2D eigenvalue weighted by atomic mass is 10.1. The van der Waals surface area contributed by atoms with Crippen molar-refractivity contribution in [2.45, 2.75) is 32.5 Å². The molecule has 5 nitrogen and oxygen atoms in total. The van der Waals surface area contributed by atoms with Gasteiger partial charge >= 0.3 is 0 Å². The molecule has 21 heavy (non-hydrogen) atoms. The maximum atomic E-state index is 12.1. The van der Waals surface area contributed by atoms with Gasteiger partial charge in [-0.15, -0.1) is 0 Å². The van der Waals surface area contributed by atoms with E-state index in [1.165, 1.54) is 0 Å². The number of nitrogen functional groups attached to an aromatic ring is 1. The Morgan fingerprint density at radius 2 is 2.29 bits per heavy atom. The average molecular weight is 312 g/mol. The third kappa shape index (κ3) is 4.59. The quantitative estimate of drug-likeness (QED) is 0.841. The van der Waals surface area contributed by atoms with E-state index in [-0.39, 0.29) is 17.6 Å². The summed E-state index contributed by atoms with van der Waals surface area (Å²) < 4.78 is 5.83. The van der Waals surface area contributed by atoms with E-state index < -0.39 is 0 Å². The van der Waals surface area contributed by atoms with Crippen molar-refractivity contribution < 1.29 is 9.53 Å². The summed E-state index contributed by atoms with van der Waals surface area (Å²) >= 11 is 5.86. The number of nitrogens with zero attached hydrogens (tertiary/aromatic N) is 1. The highest BCUT2D eigenvalue weighted by Gasteiger charge is 2.31. The number of nitrogens with one attached hydrogen (secondary N) is 1. The molecule has 0 radical (unpaired) electrons. The molecule has 0 spiro atoms. The summed E-state index contributed by atoms with van der Waals surface area (Å²) in [6.07, 6.45) is 0.118. The van der Waals surface area contributed by atoms with Gasteiger partial charge in [0.2, 0.25) is 5.91 Å². The van der Waals surface area contributed by atoms with Crippen molar-refractivity contribution in [3.05, 3.63) is 23.2 Å². The fourth-order valence-corrected chi connectivity index (χ4v) is 2.85. The van der Waals surface area contributed by atoms with Gasteiger partial charge in [0.1, 0.15) is 0 Å². The number of carbonyl (C=O) groups is 1. The summed E-state index contributed by atoms with van der Waals surface area (Å²) in [4.78, 5) is 14.2. The Morgan fingerprint density at radius 3 is 2.90 bits per heavy atom. The van der Waals surface area contributed by atoms with E-state index in [1.54, 1.807) is 18.2 Å². The molecule has 6 heteroatoms. The number of hydrogen-bond donors (Lipinski definition) is 2. The van der Waals surface area contributed by atoms with Gasteiger partial charge in [-0.05, 0) is 39.0 Å². The van der Waals surface area contributed by atoms with Gasteiger partial charge in [0.15, 0.2) is 0 Å². The summed E-state index contributed by atoms with van der Waals surface area (Å²) in [5, 5.41) is 3.32. The number of anilines is 2. The van der Waals surface area contributed by atoms with Gasteiger partial charge in [-0.1, -0.05) is 11.6 Å². The predicted molar refractivity (Wildman–Crippen MR) is 85.6 cm³/mol. The Morgan fingerprint density at radius 1 is 1.57 bits per heavy atom. The monoisotopic (exact) mass is 311 g/mol. The number of benzene rings is 1. The van der Waals surface area contributed by atoms with E-state index >= 15 is 0 Å². The van der Waals surface area contributed by atoms with E-state index in [1.807, 2.05) is 20.8 Å². The van der Waals surface area contributed by atoms with Gasteiger partial charge < -0.3 is 15.8 Å². The third-order valence-electron chi connectivity index (χ3n) is 3.29. The molecule has 1 aromatic carbocycles. The highest BCUT2D eigenvalue weighted by Crippen LogP contribution is 2.23. The molecule has 1 aromatic rings. The molecule has 0 aliphatic carbocycles. The fourth-order valence-electron chi connectivity index (χ4n) is 2.73. The van der Waals surface area contributed by atoms with Crippen LogP contribution in [-0.2, 0) is 9.53 Å². The number of halogens is 1. The molecule has 0 saturated carbocycles. The first-order valence-corrected chi connectivity index (χ1v) is 7.38. The molecule has 3 N–H and O–H groups in total. The number of ether oxygens (including phenoxy) is 1. The zero-order chi connectivity index (χ0) is 15.6. The lowest BCUT2D eigenvalue weighted by Crippen LogP contribution is -2.53. The van der Waals surface area contributed by atoms with Crippen LogP contribution in [0.2, 0.25) is 5.02 Å². The van der Waals surface area contributed by atoms with Crippen LogP contribution in [0.3, 0.4) is 0 Å². The van der Waals surface area contributed by atoms with Crippen molar-refractivity contribution in [1.29, 1.82) is 0 Å². The van der Waals surface area contributed by atoms with Gasteiger partial charge in [0, 0.05) is 18.8 Å². The molecule has 116 valence electrons. The Kier molecular flexibility index (Phi) is 4.76. The first kappa shape index (κ1) is 16.1. The van der Waals surface area contributed by atoms with Crippen molar-refractivity contribution >= 4 is 28.9 Å². The minimum atomic E-state index is -0.233. The van der Waals surface area contributed by atoms with Gasteiger partial charge in [-0.25, -0.2) is 0 Å². The molecule has 1 unspecified atom stereocenters. The van der Waals surface area contributed by atoms with E-state index in [2.05, 4.69) is 10.2 Å².